The van der Waals surface area contributed by atoms with Crippen molar-refractivity contribution in [3.8, 4) is 0 Å². The molecular weight excluding hydrogens is 234 g/mol. The Bertz CT molecular complexity index is 367. The van der Waals surface area contributed by atoms with Crippen molar-refractivity contribution in [3.05, 3.63) is 0 Å². The molecule has 0 aromatic rings. The van der Waals surface area contributed by atoms with E-state index in [9.17, 15) is 4.79 Å². The summed E-state index contributed by atoms with van der Waals surface area (Å²) in [5.41, 5.74) is 5.75. The van der Waals surface area contributed by atoms with E-state index in [-0.39, 0.29) is 17.0 Å². The summed E-state index contributed by atoms with van der Waals surface area (Å²) in [4.78, 5) is 17.9. The number of aliphatic imine (C=N–C) groups is 1. The van der Waals surface area contributed by atoms with E-state index in [4.69, 9.17) is 5.73 Å². The van der Waals surface area contributed by atoms with Gasteiger partial charge in [-0.1, -0.05) is 20.8 Å². The van der Waals surface area contributed by atoms with Crippen LogP contribution in [0, 0.1) is 5.41 Å². The Labute approximate surface area is 107 Å². The quantitative estimate of drug-likeness (QED) is 0.822. The Morgan fingerprint density at radius 3 is 2.82 bits per heavy atom. The van der Waals surface area contributed by atoms with Gasteiger partial charge in [-0.2, -0.15) is 16.8 Å². The molecule has 2 N–H and O–H groups in total. The van der Waals surface area contributed by atoms with Gasteiger partial charge in [0.15, 0.2) is 0 Å². The molecule has 0 radical (unpaired) electrons. The highest BCUT2D eigenvalue weighted by Crippen LogP contribution is 2.48. The zero-order valence-electron chi connectivity index (χ0n) is 10.8. The Balaban J connectivity index is 2.44. The number of nitrogens with zero attached hydrogens (tertiary/aromatic N) is 2. The molecular formula is C12H21N3OS. The van der Waals surface area contributed by atoms with Crippen LogP contribution in [0.25, 0.3) is 0 Å². The van der Waals surface area contributed by atoms with Gasteiger partial charge >= 0.3 is 6.03 Å². The topological polar surface area (TPSA) is 58.7 Å². The predicted octanol–water partition coefficient (Wildman–Crippen LogP) is 2.09. The van der Waals surface area contributed by atoms with E-state index in [0.717, 1.165) is 30.9 Å². The molecule has 2 aliphatic rings. The van der Waals surface area contributed by atoms with Gasteiger partial charge in [0, 0.05) is 12.3 Å². The van der Waals surface area contributed by atoms with E-state index in [0.29, 0.717) is 5.84 Å². The average Bonchev–Trinajstić information content (AvgIpc) is 2.48. The van der Waals surface area contributed by atoms with Gasteiger partial charge in [-0.15, -0.1) is 0 Å². The second-order valence-electron chi connectivity index (χ2n) is 5.48. The minimum Gasteiger partial charge on any atom is -0.385 e. The number of urea groups is 1. The van der Waals surface area contributed by atoms with Crippen molar-refractivity contribution in [2.24, 2.45) is 16.1 Å². The molecule has 0 bridgehead atoms. The summed E-state index contributed by atoms with van der Waals surface area (Å²) in [7, 11) is 0. The zero-order valence-corrected chi connectivity index (χ0v) is 11.6. The maximum Gasteiger partial charge on any atom is 0.346 e. The first-order valence-corrected chi connectivity index (χ1v) is 7.35. The summed E-state index contributed by atoms with van der Waals surface area (Å²) in [5, 5.41) is 0. The van der Waals surface area contributed by atoms with Gasteiger partial charge in [0.05, 0.1) is 0 Å². The lowest BCUT2D eigenvalue weighted by Gasteiger charge is -2.51. The summed E-state index contributed by atoms with van der Waals surface area (Å²) in [5.74, 6) is 2.53. The van der Waals surface area contributed by atoms with Gasteiger partial charge in [-0.05, 0) is 24.0 Å². The number of hydrogen-bond acceptors (Lipinski definition) is 3. The van der Waals surface area contributed by atoms with Crippen molar-refractivity contribution in [3.63, 3.8) is 0 Å². The first kappa shape index (κ1) is 12.7. The van der Waals surface area contributed by atoms with Gasteiger partial charge < -0.3 is 10.6 Å². The Hall–Kier alpha value is -0.710. The van der Waals surface area contributed by atoms with Crippen LogP contribution in [0.1, 0.15) is 33.6 Å². The molecule has 0 aromatic heterocycles. The van der Waals surface area contributed by atoms with Crippen LogP contribution in [-0.4, -0.2) is 40.4 Å². The standard InChI is InChI=1S/C12H21N3OS/c1-4-6-15-10(16)14-9(13)12(15)8-17-7-5-11(12,2)3/h4-8H2,1-3H3,(H2,13,14,16). The van der Waals surface area contributed by atoms with Crippen LogP contribution < -0.4 is 5.73 Å². The minimum atomic E-state index is -0.358. The SMILES string of the molecule is CCCN1C(=O)N=C(N)C12CSCCC2(C)C. The number of carbonyl (C=O) groups is 1. The van der Waals surface area contributed by atoms with Crippen molar-refractivity contribution in [2.75, 3.05) is 18.1 Å². The first-order chi connectivity index (χ1) is 7.95. The lowest BCUT2D eigenvalue weighted by Crippen LogP contribution is -2.66. The van der Waals surface area contributed by atoms with Crippen LogP contribution in [-0.2, 0) is 0 Å². The zero-order chi connectivity index (χ0) is 12.7. The summed E-state index contributed by atoms with van der Waals surface area (Å²) < 4.78 is 0. The number of nitrogens with two attached hydrogens (primary N) is 1. The van der Waals surface area contributed by atoms with Crippen LogP contribution in [0.2, 0.25) is 0 Å². The lowest BCUT2D eigenvalue weighted by molar-refractivity contribution is 0.0877. The molecule has 0 aromatic carbocycles. The fourth-order valence-electron chi connectivity index (χ4n) is 2.88. The highest BCUT2D eigenvalue weighted by molar-refractivity contribution is 7.99. The Morgan fingerprint density at radius 2 is 2.24 bits per heavy atom. The molecule has 0 saturated carbocycles. The normalized spacial score (nSPS) is 32.1. The molecule has 2 heterocycles. The maximum absolute atomic E-state index is 12.0. The minimum absolute atomic E-state index is 0.00711. The Morgan fingerprint density at radius 1 is 1.53 bits per heavy atom. The van der Waals surface area contributed by atoms with Crippen LogP contribution >= 0.6 is 11.8 Å². The third-order valence-electron chi connectivity index (χ3n) is 4.08. The third kappa shape index (κ3) is 1.66. The summed E-state index contributed by atoms with van der Waals surface area (Å²) in [6.07, 6.45) is 2.01. The molecule has 2 rings (SSSR count). The van der Waals surface area contributed by atoms with Crippen molar-refractivity contribution in [2.45, 2.75) is 39.2 Å². The van der Waals surface area contributed by atoms with Crippen LogP contribution in [0.5, 0.6) is 0 Å². The highest BCUT2D eigenvalue weighted by atomic mass is 32.2. The fraction of sp³-hybridized carbons (Fsp3) is 0.833. The van der Waals surface area contributed by atoms with Crippen molar-refractivity contribution in [1.29, 1.82) is 0 Å². The molecule has 1 unspecified atom stereocenters. The lowest BCUT2D eigenvalue weighted by atomic mass is 9.69. The van der Waals surface area contributed by atoms with E-state index >= 15 is 0 Å². The van der Waals surface area contributed by atoms with E-state index in [1.165, 1.54) is 0 Å². The second kappa shape index (κ2) is 4.19. The molecule has 2 amide bonds. The molecule has 5 heteroatoms. The molecule has 1 fully saturated rings. The molecule has 1 spiro atoms. The van der Waals surface area contributed by atoms with E-state index in [1.54, 1.807) is 0 Å². The monoisotopic (exact) mass is 255 g/mol. The molecule has 1 atom stereocenters. The van der Waals surface area contributed by atoms with Gasteiger partial charge in [0.2, 0.25) is 0 Å². The number of carbonyl (C=O) groups excluding carboxylic acids is 1. The van der Waals surface area contributed by atoms with Crippen molar-refractivity contribution in [1.82, 2.24) is 4.90 Å². The molecule has 4 nitrogen and oxygen atoms in total. The van der Waals surface area contributed by atoms with Gasteiger partial charge in [0.25, 0.3) is 0 Å². The maximum atomic E-state index is 12.0. The van der Waals surface area contributed by atoms with E-state index in [2.05, 4.69) is 25.8 Å². The smallest absolute Gasteiger partial charge is 0.346 e. The first-order valence-electron chi connectivity index (χ1n) is 6.20. The van der Waals surface area contributed by atoms with Crippen molar-refractivity contribution < 1.29 is 4.79 Å². The number of rotatable bonds is 2. The molecule has 1 saturated heterocycles. The Kier molecular flexibility index (Phi) is 3.14. The van der Waals surface area contributed by atoms with Gasteiger partial charge in [-0.3, -0.25) is 0 Å². The van der Waals surface area contributed by atoms with Crippen molar-refractivity contribution >= 4 is 23.6 Å². The number of hydrogen-bond donors (Lipinski definition) is 1. The summed E-state index contributed by atoms with van der Waals surface area (Å²) >= 11 is 1.87. The van der Waals surface area contributed by atoms with Gasteiger partial charge in [0.1, 0.15) is 11.4 Å². The van der Waals surface area contributed by atoms with Crippen LogP contribution in [0.15, 0.2) is 4.99 Å². The van der Waals surface area contributed by atoms with E-state index in [1.807, 2.05) is 16.7 Å². The highest BCUT2D eigenvalue weighted by Gasteiger charge is 2.58. The average molecular weight is 255 g/mol. The fourth-order valence-corrected chi connectivity index (χ4v) is 4.67. The summed E-state index contributed by atoms with van der Waals surface area (Å²) in [6.45, 7) is 7.23. The third-order valence-corrected chi connectivity index (χ3v) is 5.20. The number of amides is 2. The largest absolute Gasteiger partial charge is 0.385 e. The molecule has 17 heavy (non-hydrogen) atoms. The van der Waals surface area contributed by atoms with Gasteiger partial charge in [-0.25, -0.2) is 4.79 Å². The van der Waals surface area contributed by atoms with E-state index < -0.39 is 0 Å². The molecule has 96 valence electrons. The summed E-state index contributed by atoms with van der Waals surface area (Å²) in [6, 6.07) is -0.153. The molecule has 2 aliphatic heterocycles. The number of thioether (sulfide) groups is 1. The van der Waals surface area contributed by atoms with Crippen LogP contribution in [0.3, 0.4) is 0 Å². The number of amidine groups is 1. The molecule has 0 aliphatic carbocycles. The predicted molar refractivity (Wildman–Crippen MR) is 72.5 cm³/mol. The second-order valence-corrected chi connectivity index (χ2v) is 6.58. The van der Waals surface area contributed by atoms with Crippen LogP contribution in [0.4, 0.5) is 4.79 Å².